The Morgan fingerprint density at radius 3 is 0.569 bits per heavy atom. The highest BCUT2D eigenvalue weighted by atomic mass is 32.2. The lowest BCUT2D eigenvalue weighted by Gasteiger charge is -2.16. The van der Waals surface area contributed by atoms with Gasteiger partial charge in [0.2, 0.25) is 0 Å². The molecule has 20 nitrogen and oxygen atoms in total. The summed E-state index contributed by atoms with van der Waals surface area (Å²) in [5.74, 6) is 0. The molecule has 9 rings (SSSR count). The van der Waals surface area contributed by atoms with Crippen molar-refractivity contribution < 1.29 is 51.9 Å². The number of hydrogen-bond acceptors (Lipinski definition) is 12. The van der Waals surface area contributed by atoms with Gasteiger partial charge in [-0.2, -0.15) is 33.7 Å². The molecule has 0 unspecified atom stereocenters. The van der Waals surface area contributed by atoms with E-state index in [0.717, 1.165) is 103 Å². The summed E-state index contributed by atoms with van der Waals surface area (Å²) in [4.78, 5) is 12.2. The van der Waals surface area contributed by atoms with E-state index < -0.39 is 60.1 Å². The Kier molecular flexibility index (Phi) is 37.5. The summed E-state index contributed by atoms with van der Waals surface area (Å²) >= 11 is 0. The van der Waals surface area contributed by atoms with Gasteiger partial charge >= 0.3 is 0 Å². The number of fused-ring (bicyclic) bond motifs is 8. The van der Waals surface area contributed by atoms with E-state index in [4.69, 9.17) is 0 Å². The number of anilines is 4. The molecule has 0 fully saturated rings. The van der Waals surface area contributed by atoms with Crippen molar-refractivity contribution in [3.05, 3.63) is 188 Å². The largest absolute Gasteiger partial charge is 0.385 e. The highest BCUT2D eigenvalue weighted by Gasteiger charge is 2.29. The first-order valence-electron chi connectivity index (χ1n) is 43.7. The maximum absolute atomic E-state index is 14.1. The summed E-state index contributed by atoms with van der Waals surface area (Å²) < 4.78 is 159. The quantitative estimate of drug-likeness (QED) is 0.0124. The van der Waals surface area contributed by atoms with E-state index in [0.29, 0.717) is 48.9 Å². The molecule has 0 saturated heterocycles. The second-order valence-electron chi connectivity index (χ2n) is 31.8. The zero-order valence-corrected chi connectivity index (χ0v) is 72.6. The first-order chi connectivity index (χ1) is 56.0. The van der Waals surface area contributed by atoms with E-state index in [1.165, 1.54) is 178 Å². The third kappa shape index (κ3) is 28.2. The van der Waals surface area contributed by atoms with Crippen molar-refractivity contribution in [2.45, 2.75) is 304 Å². The highest BCUT2D eigenvalue weighted by molar-refractivity contribution is 7.86. The van der Waals surface area contributed by atoms with Crippen molar-refractivity contribution in [1.82, 2.24) is 19.9 Å². The van der Waals surface area contributed by atoms with Crippen molar-refractivity contribution in [3.63, 3.8) is 0 Å². The summed E-state index contributed by atoms with van der Waals surface area (Å²) in [6.07, 6.45) is 45.4. The van der Waals surface area contributed by atoms with E-state index in [1.54, 1.807) is 97.1 Å². The molecule has 12 N–H and O–H groups in total. The second kappa shape index (κ2) is 47.2. The summed E-state index contributed by atoms with van der Waals surface area (Å²) in [7, 11) is -20.2. The van der Waals surface area contributed by atoms with Gasteiger partial charge < -0.3 is 41.2 Å². The predicted molar refractivity (Wildman–Crippen MR) is 474 cm³/mol. The van der Waals surface area contributed by atoms with Crippen molar-refractivity contribution in [3.8, 4) is 0 Å². The number of aromatic nitrogens is 4. The van der Waals surface area contributed by atoms with E-state index in [1.807, 2.05) is 0 Å². The molecule has 8 aromatic rings. The molecule has 1 aliphatic rings. The number of rotatable bonds is 56. The number of aromatic amines is 4. The van der Waals surface area contributed by atoms with Crippen LogP contribution >= 0.6 is 0 Å². The number of unbranched alkanes of at least 4 members (excludes halogenated alkanes) is 36. The fraction of sp³-hybridized carbons (Fsp3) is 0.522. The summed E-state index contributed by atoms with van der Waals surface area (Å²) in [5, 5.41) is 14.5. The van der Waals surface area contributed by atoms with E-state index in [-0.39, 0.29) is 88.7 Å². The number of hydrogen-bond donors (Lipinski definition) is 12. The van der Waals surface area contributed by atoms with Gasteiger partial charge in [-0.15, -0.1) is 0 Å². The van der Waals surface area contributed by atoms with Crippen LogP contribution in [0.15, 0.2) is 141 Å². The third-order valence-corrected chi connectivity index (χ3v) is 26.0. The van der Waals surface area contributed by atoms with Crippen LogP contribution in [0, 0.1) is 0 Å². The van der Waals surface area contributed by atoms with E-state index in [9.17, 15) is 51.9 Å². The number of H-pyrrole nitrogens is 4. The minimum absolute atomic E-state index is 0.0362. The Hall–Kier alpha value is -7.68. The van der Waals surface area contributed by atoms with Crippen LogP contribution in [-0.4, -0.2) is 98.0 Å². The minimum Gasteiger partial charge on any atom is -0.385 e. The van der Waals surface area contributed by atoms with Gasteiger partial charge in [-0.3, -0.25) is 18.2 Å². The average Bonchev–Trinajstić information content (AvgIpc) is 1.59. The molecule has 24 heteroatoms. The van der Waals surface area contributed by atoms with Gasteiger partial charge in [-0.05, 0) is 123 Å². The summed E-state index contributed by atoms with van der Waals surface area (Å²) in [6.45, 7) is 11.0. The van der Waals surface area contributed by atoms with Crippen LogP contribution < -0.4 is 42.7 Å². The van der Waals surface area contributed by atoms with Crippen LogP contribution in [0.2, 0.25) is 0 Å². The zero-order valence-electron chi connectivity index (χ0n) is 69.3. The van der Waals surface area contributed by atoms with Crippen molar-refractivity contribution in [2.75, 3.05) is 47.4 Å². The first-order valence-corrected chi connectivity index (χ1v) is 49.5. The number of benzene rings is 4. The topological polar surface area (TPSA) is 329 Å². The van der Waals surface area contributed by atoms with Gasteiger partial charge in [0.15, 0.2) is 0 Å². The van der Waals surface area contributed by atoms with Crippen LogP contribution in [0.5, 0.6) is 0 Å². The van der Waals surface area contributed by atoms with Crippen LogP contribution in [-0.2, 0) is 40.5 Å². The Morgan fingerprint density at radius 2 is 0.397 bits per heavy atom. The van der Waals surface area contributed by atoms with Crippen molar-refractivity contribution in [2.24, 2.45) is 0 Å². The monoisotopic (exact) mass is 1670 g/mol. The smallest absolute Gasteiger partial charge is 0.295 e. The van der Waals surface area contributed by atoms with Crippen LogP contribution in [0.25, 0.3) is 22.3 Å². The number of nitrogens with one attached hydrogen (secondary N) is 8. The molecule has 5 heterocycles. The molecule has 8 bridgehead atoms. The molecule has 0 spiro atoms. The lowest BCUT2D eigenvalue weighted by atomic mass is 10.0. The highest BCUT2D eigenvalue weighted by Crippen LogP contribution is 2.37. The molecule has 4 aromatic carbocycles. The molecule has 636 valence electrons. The Balaban J connectivity index is 1.22. The molecule has 4 aromatic heterocycles. The first kappa shape index (κ1) is 92.2. The lowest BCUT2D eigenvalue weighted by molar-refractivity contribution is 0.480. The van der Waals surface area contributed by atoms with Crippen LogP contribution in [0.1, 0.15) is 330 Å². The van der Waals surface area contributed by atoms with Crippen LogP contribution in [0.4, 0.5) is 22.7 Å². The third-order valence-electron chi connectivity index (χ3n) is 22.5. The van der Waals surface area contributed by atoms with Gasteiger partial charge in [0.05, 0.1) is 0 Å². The molecule has 0 aliphatic carbocycles. The molecular formula is C92H132N8O12S4. The van der Waals surface area contributed by atoms with E-state index >= 15 is 0 Å². The zero-order chi connectivity index (χ0) is 82.8. The second-order valence-corrected chi connectivity index (χ2v) is 37.4. The normalized spacial score (nSPS) is 12.8. The van der Waals surface area contributed by atoms with Gasteiger partial charge in [-0.1, -0.05) is 283 Å². The standard InChI is InChI=1S/C92H132N8O12S4/c1-5-9-13-17-21-25-29-33-37-41-61-93-69-45-49-73(85(65-69)113(101,102)103)89-77-53-55-79(97-77)90(74-50-46-70(66-86(74)114(104,105)106)94-62-42-38-34-30-26-22-18-14-10-6-2)81-57-59-83(99-81)92(76-52-48-72(68-88(76)116(110,111)112)96-64-44-40-36-32-28-24-20-16-12-8-4)84-60-58-82(100-84)91(80-56-54-78(89)98-80)75-51-47-71(67-87(75)115(107,108)109)95-63-43-39-35-31-27-23-19-15-11-7-3/h45-60,65-68,93-100H,5-44,61-64H2,1-4H3,(H,101,102,103)(H,104,105,106)(H,107,108,109)(H,110,111,112). The maximum Gasteiger partial charge on any atom is 0.295 e. The Labute approximate surface area is 692 Å². The fourth-order valence-corrected chi connectivity index (χ4v) is 19.0. The fourth-order valence-electron chi connectivity index (χ4n) is 16.1. The molecule has 0 amide bonds. The lowest BCUT2D eigenvalue weighted by Crippen LogP contribution is -2.21. The van der Waals surface area contributed by atoms with Gasteiger partial charge in [0, 0.05) is 138 Å². The summed E-state index contributed by atoms with van der Waals surface area (Å²) in [5.41, 5.74) is 3.65. The molecule has 1 aliphatic heterocycles. The van der Waals surface area contributed by atoms with E-state index in [2.05, 4.69) is 68.9 Å². The van der Waals surface area contributed by atoms with Gasteiger partial charge in [-0.25, -0.2) is 0 Å². The van der Waals surface area contributed by atoms with Gasteiger partial charge in [0.1, 0.15) is 19.6 Å². The molecule has 116 heavy (non-hydrogen) atoms. The SMILES string of the molecule is CCCCCCCCCCCCNc1ccc(C2=c3ccc([nH]3)=C(c3ccc(NCCCCCCCCCCCC)cc3S(=O)(=O)O)c3ccc([nH]3)C(c3ccc(NCCCCCCCCCCCC)cc3S(=O)(=O)O)=c3ccc([nH]3)=C(c3ccc(NCCCCCCCCCCCC)cc3S(=O)(=O)O)c3ccc2[nH]3)c(S(=O)(=O)O)c1. The predicted octanol–water partition coefficient (Wildman–Crippen LogP) is 20.6. The molecular weight excluding hydrogens is 1540 g/mol. The molecule has 0 radical (unpaired) electrons. The van der Waals surface area contributed by atoms with Crippen molar-refractivity contribution in [1.29, 1.82) is 0 Å². The average molecular weight is 1670 g/mol. The summed E-state index contributed by atoms with van der Waals surface area (Å²) in [6, 6.07) is 32.3. The maximum atomic E-state index is 14.1. The van der Waals surface area contributed by atoms with Crippen molar-refractivity contribution >= 4 is 85.5 Å². The van der Waals surface area contributed by atoms with Crippen LogP contribution in [0.3, 0.4) is 0 Å². The minimum atomic E-state index is -5.06. The molecule has 0 atom stereocenters. The van der Waals surface area contributed by atoms with Gasteiger partial charge in [0.25, 0.3) is 40.5 Å². The Morgan fingerprint density at radius 1 is 0.224 bits per heavy atom. The molecule has 0 saturated carbocycles. The Bertz CT molecular complexity index is 4530.